The van der Waals surface area contributed by atoms with E-state index in [4.69, 9.17) is 0 Å². The van der Waals surface area contributed by atoms with Crippen LogP contribution in [0, 0.1) is 11.6 Å². The quantitative estimate of drug-likeness (QED) is 0.281. The molecule has 0 spiro atoms. The number of nitrogens with zero attached hydrogens (tertiary/aromatic N) is 5. The third-order valence-corrected chi connectivity index (χ3v) is 6.63. The van der Waals surface area contributed by atoms with Crippen molar-refractivity contribution in [3.8, 4) is 11.1 Å². The Morgan fingerprint density at radius 3 is 2.62 bits per heavy atom. The van der Waals surface area contributed by atoms with Crippen LogP contribution in [-0.4, -0.2) is 69.7 Å². The first kappa shape index (κ1) is 27.1. The van der Waals surface area contributed by atoms with Crippen molar-refractivity contribution in [2.45, 2.75) is 13.0 Å². The molecule has 40 heavy (non-hydrogen) atoms. The average Bonchev–Trinajstić information content (AvgIpc) is 2.93. The molecule has 1 saturated heterocycles. The van der Waals surface area contributed by atoms with Gasteiger partial charge in [0.2, 0.25) is 11.9 Å². The molecule has 2 aromatic heterocycles. The first-order chi connectivity index (χ1) is 19.3. The molecule has 1 atom stereocenters. The zero-order valence-corrected chi connectivity index (χ0v) is 21.9. The lowest BCUT2D eigenvalue weighted by Crippen LogP contribution is -2.48. The third kappa shape index (κ3) is 6.05. The van der Waals surface area contributed by atoms with E-state index in [0.29, 0.717) is 47.5 Å². The molecule has 0 radical (unpaired) electrons. The highest BCUT2D eigenvalue weighted by atomic mass is 19.1. The summed E-state index contributed by atoms with van der Waals surface area (Å²) in [6.07, 6.45) is 3.75. The summed E-state index contributed by atoms with van der Waals surface area (Å²) in [5.74, 6) is -0.909. The van der Waals surface area contributed by atoms with E-state index in [2.05, 4.69) is 37.1 Å². The Morgan fingerprint density at radius 1 is 1.10 bits per heavy atom. The monoisotopic (exact) mass is 545 g/mol. The zero-order chi connectivity index (χ0) is 28.2. The van der Waals surface area contributed by atoms with Crippen molar-refractivity contribution in [3.63, 3.8) is 0 Å². The van der Waals surface area contributed by atoms with E-state index in [1.54, 1.807) is 43.5 Å². The third-order valence-electron chi connectivity index (χ3n) is 6.63. The van der Waals surface area contributed by atoms with E-state index >= 15 is 8.78 Å². The normalized spacial score (nSPS) is 14.7. The summed E-state index contributed by atoms with van der Waals surface area (Å²) in [5, 5.41) is 15.8. The van der Waals surface area contributed by atoms with Gasteiger partial charge in [0.15, 0.2) is 0 Å². The van der Waals surface area contributed by atoms with Crippen LogP contribution in [0.2, 0.25) is 0 Å². The Bertz CT molecular complexity index is 1560. The van der Waals surface area contributed by atoms with Gasteiger partial charge in [0.25, 0.3) is 0 Å². The van der Waals surface area contributed by atoms with Crippen LogP contribution in [0.5, 0.6) is 0 Å². The Kier molecular flexibility index (Phi) is 7.94. The van der Waals surface area contributed by atoms with E-state index in [1.165, 1.54) is 18.3 Å². The van der Waals surface area contributed by atoms with Crippen molar-refractivity contribution in [2.75, 3.05) is 48.3 Å². The fourth-order valence-corrected chi connectivity index (χ4v) is 4.75. The topological polar surface area (TPSA) is 107 Å². The van der Waals surface area contributed by atoms with Gasteiger partial charge in [0, 0.05) is 61.8 Å². The number of benzene rings is 2. The van der Waals surface area contributed by atoms with Crippen molar-refractivity contribution in [1.29, 1.82) is 0 Å². The Balaban J connectivity index is 1.38. The number of aliphatic hydroxyl groups excluding tert-OH is 1. The van der Waals surface area contributed by atoms with Crippen molar-refractivity contribution in [3.05, 3.63) is 79.1 Å². The van der Waals surface area contributed by atoms with Gasteiger partial charge in [-0.25, -0.2) is 23.7 Å². The van der Waals surface area contributed by atoms with Gasteiger partial charge >= 0.3 is 0 Å². The van der Waals surface area contributed by atoms with Gasteiger partial charge in [0.05, 0.1) is 17.3 Å². The summed E-state index contributed by atoms with van der Waals surface area (Å²) < 4.78 is 30.2. The van der Waals surface area contributed by atoms with Gasteiger partial charge in [-0.15, -0.1) is 0 Å². The number of carbonyl (C=O) groups excluding carboxylic acids is 1. The standard InChI is InChI=1S/C29H29F2N7O2/c1-3-26(40)35-25-14-19(8-9-32-25)27-22(30)6-4-20-16-33-29(36-28(20)27)34-21-5-7-24(23(31)15-21)38-12-10-37(11-13-38)17-18(2)39/h3-9,14-16,18,39H,1,10-13,17H2,2H3,(H,32,35,40)(H,33,34,36). The maximum absolute atomic E-state index is 15.1. The first-order valence-electron chi connectivity index (χ1n) is 12.9. The van der Waals surface area contributed by atoms with Gasteiger partial charge in [-0.3, -0.25) is 9.69 Å². The van der Waals surface area contributed by atoms with Gasteiger partial charge in [0.1, 0.15) is 17.5 Å². The highest BCUT2D eigenvalue weighted by Gasteiger charge is 2.21. The van der Waals surface area contributed by atoms with E-state index in [1.807, 2.05) is 4.90 Å². The molecular weight excluding hydrogens is 516 g/mol. The molecule has 1 fully saturated rings. The smallest absolute Gasteiger partial charge is 0.248 e. The molecule has 5 rings (SSSR count). The van der Waals surface area contributed by atoms with Crippen LogP contribution in [-0.2, 0) is 4.79 Å². The van der Waals surface area contributed by atoms with E-state index in [9.17, 15) is 9.90 Å². The Morgan fingerprint density at radius 2 is 1.90 bits per heavy atom. The lowest BCUT2D eigenvalue weighted by molar-refractivity contribution is -0.111. The van der Waals surface area contributed by atoms with Crippen LogP contribution in [0.4, 0.5) is 31.9 Å². The zero-order valence-electron chi connectivity index (χ0n) is 21.9. The molecule has 1 unspecified atom stereocenters. The lowest BCUT2D eigenvalue weighted by atomic mass is 10.0. The van der Waals surface area contributed by atoms with E-state index in [-0.39, 0.29) is 23.1 Å². The SMILES string of the molecule is C=CC(=O)Nc1cc(-c2c(F)ccc3cnc(Nc4ccc(N5CCN(CC(C)O)CC5)c(F)c4)nc23)ccn1. The number of halogens is 2. The van der Waals surface area contributed by atoms with Crippen LogP contribution in [0.15, 0.2) is 67.5 Å². The maximum atomic E-state index is 15.1. The number of nitrogens with one attached hydrogen (secondary N) is 2. The minimum atomic E-state index is -0.506. The average molecular weight is 546 g/mol. The summed E-state index contributed by atoms with van der Waals surface area (Å²) in [7, 11) is 0. The summed E-state index contributed by atoms with van der Waals surface area (Å²) in [6, 6.07) is 10.9. The van der Waals surface area contributed by atoms with Gasteiger partial charge < -0.3 is 20.6 Å². The summed E-state index contributed by atoms with van der Waals surface area (Å²) in [4.78, 5) is 28.8. The largest absolute Gasteiger partial charge is 0.392 e. The summed E-state index contributed by atoms with van der Waals surface area (Å²) in [6.45, 7) is 8.59. The van der Waals surface area contributed by atoms with Crippen molar-refractivity contribution < 1.29 is 18.7 Å². The number of hydrogen-bond acceptors (Lipinski definition) is 8. The molecule has 0 saturated carbocycles. The molecule has 0 bridgehead atoms. The van der Waals surface area contributed by atoms with Crippen LogP contribution in [0.3, 0.4) is 0 Å². The number of aromatic nitrogens is 3. The molecule has 1 aliphatic rings. The predicted octanol–water partition coefficient (Wildman–Crippen LogP) is 4.34. The second kappa shape index (κ2) is 11.7. The second-order valence-electron chi connectivity index (χ2n) is 9.60. The Hall–Kier alpha value is -4.48. The molecule has 1 aliphatic heterocycles. The van der Waals surface area contributed by atoms with Crippen LogP contribution in [0.25, 0.3) is 22.0 Å². The molecule has 11 heteroatoms. The number of pyridine rings is 1. The predicted molar refractivity (Wildman–Crippen MR) is 152 cm³/mol. The van der Waals surface area contributed by atoms with Gasteiger partial charge in [-0.1, -0.05) is 6.58 Å². The van der Waals surface area contributed by atoms with Crippen molar-refractivity contribution >= 4 is 40.0 Å². The highest BCUT2D eigenvalue weighted by Crippen LogP contribution is 2.32. The molecule has 3 N–H and O–H groups in total. The molecule has 1 amide bonds. The van der Waals surface area contributed by atoms with Crippen LogP contribution < -0.4 is 15.5 Å². The van der Waals surface area contributed by atoms with Crippen molar-refractivity contribution in [2.24, 2.45) is 0 Å². The van der Waals surface area contributed by atoms with Crippen LogP contribution in [0.1, 0.15) is 6.92 Å². The number of rotatable bonds is 8. The number of amides is 1. The first-order valence-corrected chi connectivity index (χ1v) is 12.9. The molecule has 206 valence electrons. The van der Waals surface area contributed by atoms with Gasteiger partial charge in [-0.2, -0.15) is 0 Å². The van der Waals surface area contributed by atoms with Crippen LogP contribution >= 0.6 is 0 Å². The van der Waals surface area contributed by atoms with E-state index < -0.39 is 17.8 Å². The molecule has 2 aromatic carbocycles. The number of piperazine rings is 1. The number of fused-ring (bicyclic) bond motifs is 1. The second-order valence-corrected chi connectivity index (χ2v) is 9.60. The highest BCUT2D eigenvalue weighted by molar-refractivity contribution is 5.99. The van der Waals surface area contributed by atoms with E-state index in [0.717, 1.165) is 19.2 Å². The van der Waals surface area contributed by atoms with Crippen molar-refractivity contribution in [1.82, 2.24) is 19.9 Å². The Labute approximate surface area is 230 Å². The molecule has 9 nitrogen and oxygen atoms in total. The summed E-state index contributed by atoms with van der Waals surface area (Å²) in [5.41, 5.74) is 1.98. The minimum Gasteiger partial charge on any atom is -0.392 e. The fraction of sp³-hybridized carbons (Fsp3) is 0.241. The molecular formula is C29H29F2N7O2. The number of anilines is 4. The van der Waals surface area contributed by atoms with Gasteiger partial charge in [-0.05, 0) is 61.0 Å². The fourth-order valence-electron chi connectivity index (χ4n) is 4.75. The summed E-state index contributed by atoms with van der Waals surface area (Å²) >= 11 is 0. The number of hydrogen-bond donors (Lipinski definition) is 3. The minimum absolute atomic E-state index is 0.174. The molecule has 0 aliphatic carbocycles. The lowest BCUT2D eigenvalue weighted by Gasteiger charge is -2.36. The maximum Gasteiger partial charge on any atom is 0.248 e. The molecule has 4 aromatic rings. The number of aliphatic hydroxyl groups is 1. The number of carbonyl (C=O) groups is 1. The molecule has 3 heterocycles. The number of β-amino-alcohol motifs (C(OH)–C–C–N with tert-alkyl or cyclic N) is 1.